The van der Waals surface area contributed by atoms with Gasteiger partial charge in [0.15, 0.2) is 5.65 Å². The number of fused-ring (bicyclic) bond motifs is 1. The summed E-state index contributed by atoms with van der Waals surface area (Å²) in [5, 5.41) is 0. The van der Waals surface area contributed by atoms with Gasteiger partial charge in [0.1, 0.15) is 11.9 Å². The Kier molecular flexibility index (Phi) is 6.20. The Balaban J connectivity index is 1.60. The van der Waals surface area contributed by atoms with Gasteiger partial charge in [-0.05, 0) is 40.5 Å². The van der Waals surface area contributed by atoms with Gasteiger partial charge < -0.3 is 24.3 Å². The lowest BCUT2D eigenvalue weighted by Crippen LogP contribution is -2.25. The maximum Gasteiger partial charge on any atom is 0.359 e. The molecule has 1 atom stereocenters. The van der Waals surface area contributed by atoms with Crippen LogP contribution in [-0.2, 0) is 34.4 Å². The van der Waals surface area contributed by atoms with Crippen molar-refractivity contribution in [3.63, 3.8) is 0 Å². The molecule has 0 aromatic carbocycles. The molecule has 165 valence electrons. The minimum Gasteiger partial charge on any atom is -0.438 e. The number of carbonyl (C=O) groups excluding carboxylic acids is 1. The van der Waals surface area contributed by atoms with Gasteiger partial charge in [-0.3, -0.25) is 13.9 Å². The molecule has 1 radical (unpaired) electrons. The molecule has 0 bridgehead atoms. The number of carbonyl (C=O) groups is 1. The maximum atomic E-state index is 12.7. The Morgan fingerprint density at radius 2 is 2.07 bits per heavy atom. The SMILES string of the molecule is [CH2]OP(=O)(COC1(Cn2cnc3c(C)nc(N)nc32)CC1)OCOC(=O)C(C)(C)C. The molecule has 0 spiro atoms. The van der Waals surface area contributed by atoms with E-state index < -0.39 is 31.4 Å². The number of rotatable bonds is 9. The first kappa shape index (κ1) is 22.6. The van der Waals surface area contributed by atoms with Crippen LogP contribution in [0.15, 0.2) is 6.33 Å². The zero-order chi connectivity index (χ0) is 22.2. The zero-order valence-electron chi connectivity index (χ0n) is 17.6. The highest BCUT2D eigenvalue weighted by Gasteiger charge is 2.46. The van der Waals surface area contributed by atoms with E-state index in [1.807, 2.05) is 11.5 Å². The summed E-state index contributed by atoms with van der Waals surface area (Å²) in [7, 11) is -0.493. The fourth-order valence-electron chi connectivity index (χ4n) is 2.72. The van der Waals surface area contributed by atoms with Gasteiger partial charge in [-0.25, -0.2) is 9.97 Å². The first-order valence-corrected chi connectivity index (χ1v) is 11.1. The highest BCUT2D eigenvalue weighted by molar-refractivity contribution is 7.53. The van der Waals surface area contributed by atoms with E-state index in [-0.39, 0.29) is 12.3 Å². The Hall–Kier alpha value is -2.07. The monoisotopic (exact) mass is 440 g/mol. The fraction of sp³-hybridized carbons (Fsp3) is 0.611. The van der Waals surface area contributed by atoms with Crippen LogP contribution in [0.3, 0.4) is 0 Å². The first-order valence-electron chi connectivity index (χ1n) is 9.40. The third-order valence-electron chi connectivity index (χ3n) is 4.70. The van der Waals surface area contributed by atoms with Gasteiger partial charge in [-0.15, -0.1) is 0 Å². The summed E-state index contributed by atoms with van der Waals surface area (Å²) in [6.07, 6.45) is 2.83. The number of aryl methyl sites for hydroxylation is 1. The van der Waals surface area contributed by atoms with E-state index in [2.05, 4.69) is 22.1 Å². The molecule has 1 saturated carbocycles. The fourth-order valence-corrected chi connectivity index (χ4v) is 3.59. The minimum atomic E-state index is -3.70. The van der Waals surface area contributed by atoms with Crippen LogP contribution in [0.2, 0.25) is 0 Å². The second-order valence-corrected chi connectivity index (χ2v) is 10.3. The normalized spacial score (nSPS) is 17.6. The quantitative estimate of drug-likeness (QED) is 0.351. The van der Waals surface area contributed by atoms with E-state index in [0.717, 1.165) is 12.8 Å². The van der Waals surface area contributed by atoms with Gasteiger partial charge in [0.2, 0.25) is 12.7 Å². The lowest BCUT2D eigenvalue weighted by molar-refractivity contribution is -0.160. The molecule has 2 aromatic rings. The highest BCUT2D eigenvalue weighted by atomic mass is 31.2. The Morgan fingerprint density at radius 3 is 2.67 bits per heavy atom. The summed E-state index contributed by atoms with van der Waals surface area (Å²) in [6, 6.07) is 0. The lowest BCUT2D eigenvalue weighted by Gasteiger charge is -2.22. The molecular weight excluding hydrogens is 413 g/mol. The smallest absolute Gasteiger partial charge is 0.359 e. The van der Waals surface area contributed by atoms with Crippen molar-refractivity contribution in [1.82, 2.24) is 19.5 Å². The third kappa shape index (κ3) is 5.15. The minimum absolute atomic E-state index is 0.167. The highest BCUT2D eigenvalue weighted by Crippen LogP contribution is 2.52. The van der Waals surface area contributed by atoms with Gasteiger partial charge in [0, 0.05) is 0 Å². The number of nitrogens with two attached hydrogens (primary N) is 1. The Labute approximate surface area is 174 Å². The van der Waals surface area contributed by atoms with Crippen LogP contribution in [0.1, 0.15) is 39.3 Å². The van der Waals surface area contributed by atoms with Crippen LogP contribution >= 0.6 is 7.60 Å². The Bertz CT molecular complexity index is 981. The summed E-state index contributed by atoms with van der Waals surface area (Å²) >= 11 is 0. The second kappa shape index (κ2) is 8.22. The van der Waals surface area contributed by atoms with Crippen molar-refractivity contribution in [2.24, 2.45) is 5.41 Å². The predicted octanol–water partition coefficient (Wildman–Crippen LogP) is 2.79. The maximum absolute atomic E-state index is 12.7. The van der Waals surface area contributed by atoms with Gasteiger partial charge in [-0.2, -0.15) is 4.98 Å². The summed E-state index contributed by atoms with van der Waals surface area (Å²) in [6.45, 7) is 6.84. The molecule has 1 unspecified atom stereocenters. The van der Waals surface area contributed by atoms with Crippen molar-refractivity contribution in [1.29, 1.82) is 0 Å². The molecule has 2 N–H and O–H groups in total. The molecule has 11 nitrogen and oxygen atoms in total. The lowest BCUT2D eigenvalue weighted by atomic mass is 9.98. The number of nitrogens with zero attached hydrogens (tertiary/aromatic N) is 4. The molecule has 1 aliphatic carbocycles. The number of imidazole rings is 1. The van der Waals surface area contributed by atoms with Gasteiger partial charge in [0.05, 0.1) is 36.7 Å². The molecule has 0 amide bonds. The number of esters is 1. The van der Waals surface area contributed by atoms with E-state index in [1.54, 1.807) is 27.1 Å². The van der Waals surface area contributed by atoms with Crippen LogP contribution in [-0.4, -0.2) is 44.2 Å². The van der Waals surface area contributed by atoms with Crippen molar-refractivity contribution < 1.29 is 27.9 Å². The second-order valence-electron chi connectivity index (χ2n) is 8.34. The molecule has 30 heavy (non-hydrogen) atoms. The molecular formula is C18H27N5O6P. The molecule has 1 aliphatic rings. The summed E-state index contributed by atoms with van der Waals surface area (Å²) in [5.74, 6) is -0.318. The van der Waals surface area contributed by atoms with Gasteiger partial charge >= 0.3 is 13.6 Å². The number of anilines is 1. The Morgan fingerprint density at radius 1 is 1.37 bits per heavy atom. The molecule has 1 fully saturated rings. The largest absolute Gasteiger partial charge is 0.438 e. The molecule has 12 heteroatoms. The third-order valence-corrected chi connectivity index (χ3v) is 6.04. The average molecular weight is 440 g/mol. The summed E-state index contributed by atoms with van der Waals surface area (Å²) in [4.78, 5) is 24.5. The van der Waals surface area contributed by atoms with Crippen molar-refractivity contribution in [2.75, 3.05) is 18.9 Å². The standard InChI is InChI=1S/C18H27N5O6P/c1-12-13-14(22-16(19)21-12)23(9-20-13)8-18(6-7-18)28-11-30(25,26-5)29-10-27-15(24)17(2,3)4/h9H,5-8,10-11H2,1-4H3,(H2,19,21,22). The molecule has 0 saturated heterocycles. The van der Waals surface area contributed by atoms with Gasteiger partial charge in [0.25, 0.3) is 0 Å². The van der Waals surface area contributed by atoms with E-state index in [9.17, 15) is 9.36 Å². The van der Waals surface area contributed by atoms with Crippen LogP contribution in [0.4, 0.5) is 5.95 Å². The van der Waals surface area contributed by atoms with Crippen molar-refractivity contribution >= 4 is 30.7 Å². The van der Waals surface area contributed by atoms with Gasteiger partial charge in [-0.1, -0.05) is 0 Å². The molecule has 3 rings (SSSR count). The molecule has 2 aromatic heterocycles. The predicted molar refractivity (Wildman–Crippen MR) is 108 cm³/mol. The topological polar surface area (TPSA) is 141 Å². The van der Waals surface area contributed by atoms with Crippen LogP contribution < -0.4 is 5.73 Å². The average Bonchev–Trinajstić information content (AvgIpc) is 3.32. The van der Waals surface area contributed by atoms with Crippen molar-refractivity contribution in [2.45, 2.75) is 52.7 Å². The number of aromatic nitrogens is 4. The number of hydrogen-bond donors (Lipinski definition) is 1. The number of ether oxygens (including phenoxy) is 2. The van der Waals surface area contributed by atoms with E-state index in [1.165, 1.54) is 0 Å². The van der Waals surface area contributed by atoms with Crippen molar-refractivity contribution in [3.8, 4) is 0 Å². The summed E-state index contributed by atoms with van der Waals surface area (Å²) < 4.78 is 35.3. The number of hydrogen-bond acceptors (Lipinski definition) is 10. The van der Waals surface area contributed by atoms with Crippen LogP contribution in [0.25, 0.3) is 11.2 Å². The van der Waals surface area contributed by atoms with Crippen LogP contribution in [0.5, 0.6) is 0 Å². The van der Waals surface area contributed by atoms with E-state index >= 15 is 0 Å². The first-order chi connectivity index (χ1) is 14.0. The summed E-state index contributed by atoms with van der Waals surface area (Å²) in [5.41, 5.74) is 6.46. The number of nitrogen functional groups attached to an aromatic ring is 1. The van der Waals surface area contributed by atoms with E-state index in [4.69, 9.17) is 24.3 Å². The zero-order valence-corrected chi connectivity index (χ0v) is 18.5. The van der Waals surface area contributed by atoms with Crippen molar-refractivity contribution in [3.05, 3.63) is 19.1 Å². The molecule has 2 heterocycles. The molecule has 0 aliphatic heterocycles. The van der Waals surface area contributed by atoms with Crippen LogP contribution in [0, 0.1) is 19.4 Å². The van der Waals surface area contributed by atoms with E-state index in [0.29, 0.717) is 23.4 Å².